The highest BCUT2D eigenvalue weighted by molar-refractivity contribution is 5.82. The van der Waals surface area contributed by atoms with E-state index in [-0.39, 0.29) is 37.0 Å². The molecule has 1 saturated heterocycles. The molecule has 0 N–H and O–H groups in total. The van der Waals surface area contributed by atoms with Gasteiger partial charge in [0.05, 0.1) is 19.1 Å². The van der Waals surface area contributed by atoms with Gasteiger partial charge in [-0.05, 0) is 59.1 Å². The number of hydrogen-bond acceptors (Lipinski definition) is 4. The average Bonchev–Trinajstić information content (AvgIpc) is 3.13. The minimum Gasteiger partial charge on any atom is -0.487 e. The normalized spacial score (nSPS) is 20.6. The van der Waals surface area contributed by atoms with Crippen LogP contribution in [0.4, 0.5) is 18.0 Å². The number of fused-ring (bicyclic) bond motifs is 3. The molecule has 1 amide bonds. The maximum Gasteiger partial charge on any atom is 0.410 e. The summed E-state index contributed by atoms with van der Waals surface area (Å²) in [4.78, 5) is 15.5. The number of benzene rings is 2. The third-order valence-corrected chi connectivity index (χ3v) is 7.15. The molecule has 3 heterocycles. The third-order valence-electron chi connectivity index (χ3n) is 7.15. The highest BCUT2D eigenvalue weighted by atomic mass is 19.1. The smallest absolute Gasteiger partial charge is 0.410 e. The van der Waals surface area contributed by atoms with Crippen LogP contribution in [0.2, 0.25) is 0 Å². The lowest BCUT2D eigenvalue weighted by Gasteiger charge is -2.44. The Hall–Kier alpha value is -3.20. The van der Waals surface area contributed by atoms with Crippen molar-refractivity contribution in [3.63, 3.8) is 0 Å². The molecule has 2 aromatic carbocycles. The van der Waals surface area contributed by atoms with Crippen LogP contribution in [0.15, 0.2) is 42.5 Å². The van der Waals surface area contributed by atoms with Gasteiger partial charge in [0.1, 0.15) is 34.8 Å². The zero-order valence-corrected chi connectivity index (χ0v) is 23.3. The van der Waals surface area contributed by atoms with E-state index in [2.05, 4.69) is 4.57 Å². The largest absolute Gasteiger partial charge is 0.487 e. The van der Waals surface area contributed by atoms with Gasteiger partial charge in [-0.25, -0.2) is 18.0 Å². The van der Waals surface area contributed by atoms with Crippen LogP contribution in [-0.2, 0) is 11.3 Å². The van der Waals surface area contributed by atoms with Crippen molar-refractivity contribution in [2.45, 2.75) is 77.5 Å². The Morgan fingerprint density at radius 3 is 2.26 bits per heavy atom. The van der Waals surface area contributed by atoms with Crippen molar-refractivity contribution >= 4 is 17.0 Å². The van der Waals surface area contributed by atoms with Gasteiger partial charge >= 0.3 is 6.09 Å². The van der Waals surface area contributed by atoms with Gasteiger partial charge in [0.25, 0.3) is 0 Å². The van der Waals surface area contributed by atoms with Crippen molar-refractivity contribution in [2.75, 3.05) is 19.6 Å². The number of para-hydroxylation sites is 1. The van der Waals surface area contributed by atoms with Gasteiger partial charge in [-0.15, -0.1) is 0 Å². The first-order valence-electron chi connectivity index (χ1n) is 13.4. The van der Waals surface area contributed by atoms with Crippen LogP contribution in [0, 0.1) is 11.6 Å². The zero-order valence-electron chi connectivity index (χ0n) is 23.3. The molecule has 0 aliphatic carbocycles. The van der Waals surface area contributed by atoms with E-state index >= 15 is 8.78 Å². The Morgan fingerprint density at radius 1 is 1.00 bits per heavy atom. The lowest BCUT2D eigenvalue weighted by Crippen LogP contribution is -2.57. The molecular formula is C30H36F3N3O3. The third kappa shape index (κ3) is 5.60. The number of rotatable bonds is 5. The number of ether oxygens (including phenoxy) is 2. The Labute approximate surface area is 227 Å². The van der Waals surface area contributed by atoms with Gasteiger partial charge in [-0.1, -0.05) is 18.2 Å². The molecular weight excluding hydrogens is 507 g/mol. The minimum absolute atomic E-state index is 0.0140. The summed E-state index contributed by atoms with van der Waals surface area (Å²) in [6.07, 6.45) is -0.851. The van der Waals surface area contributed by atoms with Gasteiger partial charge in [0.2, 0.25) is 0 Å². The standard InChI is InChI=1S/C30H36F3N3O3/c1-18-14-35-24-10-8-7-9-19(24)11-25(35)27(36(18)17-30(5,6)33)26-22(31)12-20(13-23(26)32)38-21-15-34(16-21)28(37)39-29(2,3)4/h7-13,18,21,27H,14-17H2,1-6H3/t18-,27?/m1/s1. The number of aromatic nitrogens is 1. The van der Waals surface area contributed by atoms with Crippen molar-refractivity contribution in [3.05, 3.63) is 65.4 Å². The van der Waals surface area contributed by atoms with E-state index in [1.807, 2.05) is 42.2 Å². The summed E-state index contributed by atoms with van der Waals surface area (Å²) >= 11 is 0. The molecule has 0 bridgehead atoms. The van der Waals surface area contributed by atoms with Crippen molar-refractivity contribution in [3.8, 4) is 5.75 Å². The zero-order chi connectivity index (χ0) is 28.3. The SMILES string of the molecule is C[C@@H]1Cn2c(cc3ccccc32)C(c2c(F)cc(OC3CN(C(=O)OC(C)(C)C)C3)cc2F)N1CC(C)(C)F. The van der Waals surface area contributed by atoms with Crippen molar-refractivity contribution in [1.82, 2.24) is 14.4 Å². The van der Waals surface area contributed by atoms with Crippen molar-refractivity contribution < 1.29 is 27.4 Å². The number of likely N-dealkylation sites (tertiary alicyclic amines) is 1. The molecule has 9 heteroatoms. The monoisotopic (exact) mass is 543 g/mol. The first-order chi connectivity index (χ1) is 18.2. The predicted molar refractivity (Wildman–Crippen MR) is 144 cm³/mol. The van der Waals surface area contributed by atoms with Gasteiger partial charge < -0.3 is 18.9 Å². The van der Waals surface area contributed by atoms with Gasteiger partial charge in [0.15, 0.2) is 0 Å². The van der Waals surface area contributed by atoms with E-state index in [0.717, 1.165) is 16.6 Å². The van der Waals surface area contributed by atoms with E-state index in [1.165, 1.54) is 30.9 Å². The summed E-state index contributed by atoms with van der Waals surface area (Å²) in [6, 6.07) is 11.1. The molecule has 2 aliphatic heterocycles. The van der Waals surface area contributed by atoms with Crippen LogP contribution < -0.4 is 4.74 Å². The maximum atomic E-state index is 15.8. The second-order valence-electron chi connectivity index (χ2n) is 12.3. The molecule has 2 atom stereocenters. The summed E-state index contributed by atoms with van der Waals surface area (Å²) in [5, 5.41) is 0.964. The molecule has 39 heavy (non-hydrogen) atoms. The minimum atomic E-state index is -1.57. The average molecular weight is 544 g/mol. The Morgan fingerprint density at radius 2 is 1.64 bits per heavy atom. The van der Waals surface area contributed by atoms with Gasteiger partial charge in [0, 0.05) is 48.0 Å². The van der Waals surface area contributed by atoms with E-state index in [0.29, 0.717) is 6.54 Å². The number of nitrogens with zero attached hydrogens (tertiary/aromatic N) is 3. The molecule has 1 fully saturated rings. The number of halogens is 3. The molecule has 3 aromatic rings. The topological polar surface area (TPSA) is 46.9 Å². The lowest BCUT2D eigenvalue weighted by atomic mass is 9.94. The fraction of sp³-hybridized carbons (Fsp3) is 0.500. The Balaban J connectivity index is 1.44. The van der Waals surface area contributed by atoms with Crippen LogP contribution in [-0.4, -0.2) is 63.5 Å². The molecule has 2 aliphatic rings. The highest BCUT2D eigenvalue weighted by Crippen LogP contribution is 2.42. The number of carbonyl (C=O) groups excluding carboxylic acids is 1. The summed E-state index contributed by atoms with van der Waals surface area (Å²) in [7, 11) is 0. The first-order valence-corrected chi connectivity index (χ1v) is 13.4. The van der Waals surface area contributed by atoms with Crippen LogP contribution in [0.1, 0.15) is 58.8 Å². The second-order valence-corrected chi connectivity index (χ2v) is 12.3. The van der Waals surface area contributed by atoms with Crippen molar-refractivity contribution in [1.29, 1.82) is 0 Å². The van der Waals surface area contributed by atoms with E-state index < -0.39 is 41.1 Å². The molecule has 0 radical (unpaired) electrons. The molecule has 6 nitrogen and oxygen atoms in total. The first kappa shape index (κ1) is 27.4. The lowest BCUT2D eigenvalue weighted by molar-refractivity contribution is -0.0223. The molecule has 5 rings (SSSR count). The van der Waals surface area contributed by atoms with Crippen LogP contribution >= 0.6 is 0 Å². The Bertz CT molecular complexity index is 1360. The molecule has 1 unspecified atom stereocenters. The van der Waals surface area contributed by atoms with Gasteiger partial charge in [-0.3, -0.25) is 4.90 Å². The quantitative estimate of drug-likeness (QED) is 0.371. The predicted octanol–water partition coefficient (Wildman–Crippen LogP) is 6.46. The van der Waals surface area contributed by atoms with Gasteiger partial charge in [-0.2, -0.15) is 0 Å². The van der Waals surface area contributed by atoms with Crippen LogP contribution in [0.5, 0.6) is 5.75 Å². The van der Waals surface area contributed by atoms with E-state index in [9.17, 15) is 9.18 Å². The molecule has 0 saturated carbocycles. The molecule has 1 aromatic heterocycles. The summed E-state index contributed by atoms with van der Waals surface area (Å²) < 4.78 is 59.8. The highest BCUT2D eigenvalue weighted by Gasteiger charge is 2.41. The van der Waals surface area contributed by atoms with Crippen molar-refractivity contribution in [2.24, 2.45) is 0 Å². The maximum absolute atomic E-state index is 15.8. The number of alkyl halides is 1. The number of amides is 1. The van der Waals surface area contributed by atoms with E-state index in [1.54, 1.807) is 20.8 Å². The summed E-state index contributed by atoms with van der Waals surface area (Å²) in [5.41, 5.74) is -0.619. The second kappa shape index (κ2) is 9.77. The molecule has 0 spiro atoms. The number of hydrogen-bond donors (Lipinski definition) is 0. The number of carbonyl (C=O) groups is 1. The van der Waals surface area contributed by atoms with E-state index in [4.69, 9.17) is 9.47 Å². The summed E-state index contributed by atoms with van der Waals surface area (Å²) in [5.74, 6) is -1.47. The molecule has 210 valence electrons. The fourth-order valence-corrected chi connectivity index (χ4v) is 5.52. The fourth-order valence-electron chi connectivity index (χ4n) is 5.52. The van der Waals surface area contributed by atoms with Crippen LogP contribution in [0.25, 0.3) is 10.9 Å². The Kier molecular flexibility index (Phi) is 6.85. The van der Waals surface area contributed by atoms with Crippen LogP contribution in [0.3, 0.4) is 0 Å². The summed E-state index contributed by atoms with van der Waals surface area (Å²) in [6.45, 7) is 11.4.